The van der Waals surface area contributed by atoms with Gasteiger partial charge in [0.05, 0.1) is 24.9 Å². The molecule has 6 heteroatoms. The number of nitrogen functional groups attached to an aromatic ring is 1. The fraction of sp³-hybridized carbons (Fsp3) is 0.333. The van der Waals surface area contributed by atoms with Gasteiger partial charge in [-0.3, -0.25) is 0 Å². The third-order valence-corrected chi connectivity index (χ3v) is 2.92. The van der Waals surface area contributed by atoms with Crippen LogP contribution in [0.2, 0.25) is 0 Å². The topological polar surface area (TPSA) is 88.3 Å². The first-order valence-corrected chi connectivity index (χ1v) is 5.69. The number of nitrogens with zero attached hydrogens (tertiary/aromatic N) is 3. The average molecular weight is 244 g/mol. The molecule has 2 aromatic rings. The maximum atomic E-state index is 8.87. The van der Waals surface area contributed by atoms with E-state index in [9.17, 15) is 0 Å². The van der Waals surface area contributed by atoms with E-state index in [-0.39, 0.29) is 0 Å². The maximum Gasteiger partial charge on any atom is 0.298 e. The molecule has 1 unspecified atom stereocenters. The van der Waals surface area contributed by atoms with Crippen LogP contribution in [0.5, 0.6) is 0 Å². The third kappa shape index (κ3) is 1.75. The first-order valence-electron chi connectivity index (χ1n) is 5.69. The zero-order chi connectivity index (χ0) is 12.5. The van der Waals surface area contributed by atoms with Crippen LogP contribution in [0.1, 0.15) is 0 Å². The van der Waals surface area contributed by atoms with E-state index in [0.717, 1.165) is 0 Å². The van der Waals surface area contributed by atoms with E-state index in [1.165, 1.54) is 0 Å². The van der Waals surface area contributed by atoms with Crippen LogP contribution in [0.4, 0.5) is 11.7 Å². The molecule has 0 bridgehead atoms. The van der Waals surface area contributed by atoms with Gasteiger partial charge < -0.3 is 19.8 Å². The Labute approximate surface area is 104 Å². The molecule has 18 heavy (non-hydrogen) atoms. The van der Waals surface area contributed by atoms with E-state index in [4.69, 9.17) is 20.1 Å². The number of fused-ring (bicyclic) bond motifs is 1. The second kappa shape index (κ2) is 4.20. The molecule has 2 heterocycles. The summed E-state index contributed by atoms with van der Waals surface area (Å²) in [7, 11) is 0. The van der Waals surface area contributed by atoms with E-state index >= 15 is 0 Å². The Hall–Kier alpha value is -2.26. The lowest BCUT2D eigenvalue weighted by Crippen LogP contribution is -2.42. The Bertz CT molecular complexity index is 616. The summed E-state index contributed by atoms with van der Waals surface area (Å²) in [5.74, 6) is 0. The summed E-state index contributed by atoms with van der Waals surface area (Å²) in [5, 5.41) is 8.87. The molecule has 0 saturated carbocycles. The Kier molecular flexibility index (Phi) is 2.54. The van der Waals surface area contributed by atoms with Crippen molar-refractivity contribution in [3.8, 4) is 6.07 Å². The normalized spacial score (nSPS) is 19.9. The van der Waals surface area contributed by atoms with Gasteiger partial charge in [-0.2, -0.15) is 10.2 Å². The molecular formula is C12H12N4O2. The van der Waals surface area contributed by atoms with Gasteiger partial charge in [0, 0.05) is 6.54 Å². The number of nitrogens with two attached hydrogens (primary N) is 1. The van der Waals surface area contributed by atoms with Gasteiger partial charge in [-0.1, -0.05) is 6.07 Å². The lowest BCUT2D eigenvalue weighted by molar-refractivity contribution is 0.0745. The first kappa shape index (κ1) is 10.9. The highest BCUT2D eigenvalue weighted by Crippen LogP contribution is 2.26. The highest BCUT2D eigenvalue weighted by Gasteiger charge is 2.24. The molecule has 0 aliphatic carbocycles. The van der Waals surface area contributed by atoms with Crippen LogP contribution in [0, 0.1) is 11.3 Å². The molecule has 0 radical (unpaired) electrons. The van der Waals surface area contributed by atoms with Gasteiger partial charge in [0.1, 0.15) is 5.52 Å². The van der Waals surface area contributed by atoms with Crippen molar-refractivity contribution in [2.24, 2.45) is 0 Å². The quantitative estimate of drug-likeness (QED) is 0.757. The van der Waals surface area contributed by atoms with E-state index in [2.05, 4.69) is 11.1 Å². The molecular weight excluding hydrogens is 232 g/mol. The molecule has 3 rings (SSSR count). The Morgan fingerprint density at radius 3 is 3.17 bits per heavy atom. The van der Waals surface area contributed by atoms with Crippen molar-refractivity contribution in [2.45, 2.75) is 6.10 Å². The minimum Gasteiger partial charge on any atom is -0.423 e. The number of hydrogen-bond acceptors (Lipinski definition) is 6. The van der Waals surface area contributed by atoms with E-state index < -0.39 is 6.10 Å². The number of nitriles is 1. The highest BCUT2D eigenvalue weighted by molar-refractivity contribution is 5.86. The fourth-order valence-corrected chi connectivity index (χ4v) is 1.99. The second-order valence-corrected chi connectivity index (χ2v) is 4.12. The molecule has 1 aromatic heterocycles. The lowest BCUT2D eigenvalue weighted by Gasteiger charge is -2.28. The number of benzene rings is 1. The molecule has 0 amide bonds. The molecule has 0 spiro atoms. The molecule has 1 saturated heterocycles. The van der Waals surface area contributed by atoms with Crippen LogP contribution in [-0.2, 0) is 4.74 Å². The van der Waals surface area contributed by atoms with Crippen LogP contribution in [0.3, 0.4) is 0 Å². The van der Waals surface area contributed by atoms with Gasteiger partial charge in [-0.15, -0.1) is 0 Å². The van der Waals surface area contributed by atoms with Crippen LogP contribution < -0.4 is 10.6 Å². The first-order chi connectivity index (χ1) is 8.78. The smallest absolute Gasteiger partial charge is 0.298 e. The molecule has 6 nitrogen and oxygen atoms in total. The van der Waals surface area contributed by atoms with Gasteiger partial charge in [-0.25, -0.2) is 0 Å². The van der Waals surface area contributed by atoms with Crippen molar-refractivity contribution in [2.75, 3.05) is 30.3 Å². The number of hydrogen-bond donors (Lipinski definition) is 1. The number of ether oxygens (including phenoxy) is 1. The Morgan fingerprint density at radius 2 is 2.39 bits per heavy atom. The number of morpholine rings is 1. The van der Waals surface area contributed by atoms with Crippen molar-refractivity contribution in [1.82, 2.24) is 4.98 Å². The maximum absolute atomic E-state index is 8.87. The summed E-state index contributed by atoms with van der Waals surface area (Å²) in [6.07, 6.45) is -0.439. The minimum absolute atomic E-state index is 0.439. The van der Waals surface area contributed by atoms with Crippen LogP contribution >= 0.6 is 0 Å². The SMILES string of the molecule is N#CC1CN(c2nc3c(N)cccc3o2)CCO1. The zero-order valence-corrected chi connectivity index (χ0v) is 9.67. The standard InChI is InChI=1S/C12H12N4O2/c13-6-8-7-16(4-5-17-8)12-15-11-9(14)2-1-3-10(11)18-12/h1-3,8H,4-5,7,14H2. The van der Waals surface area contributed by atoms with Gasteiger partial charge in [0.25, 0.3) is 6.01 Å². The number of anilines is 2. The number of aromatic nitrogens is 1. The van der Waals surface area contributed by atoms with Crippen molar-refractivity contribution in [1.29, 1.82) is 5.26 Å². The molecule has 1 aliphatic heterocycles. The summed E-state index contributed by atoms with van der Waals surface area (Å²) in [4.78, 5) is 6.27. The summed E-state index contributed by atoms with van der Waals surface area (Å²) in [6.45, 7) is 1.61. The molecule has 92 valence electrons. The zero-order valence-electron chi connectivity index (χ0n) is 9.67. The Morgan fingerprint density at radius 1 is 1.50 bits per heavy atom. The molecule has 1 fully saturated rings. The summed E-state index contributed by atoms with van der Waals surface area (Å²) >= 11 is 0. The summed E-state index contributed by atoms with van der Waals surface area (Å²) < 4.78 is 10.9. The summed E-state index contributed by atoms with van der Waals surface area (Å²) in [6, 6.07) is 8.01. The van der Waals surface area contributed by atoms with Crippen LogP contribution in [0.15, 0.2) is 22.6 Å². The average Bonchev–Trinajstić information content (AvgIpc) is 2.84. The molecule has 1 aliphatic rings. The van der Waals surface area contributed by atoms with E-state index in [0.29, 0.717) is 42.5 Å². The van der Waals surface area contributed by atoms with Crippen molar-refractivity contribution in [3.63, 3.8) is 0 Å². The van der Waals surface area contributed by atoms with Crippen LogP contribution in [0.25, 0.3) is 11.1 Å². The van der Waals surface area contributed by atoms with E-state index in [1.54, 1.807) is 6.07 Å². The van der Waals surface area contributed by atoms with Gasteiger partial charge in [-0.05, 0) is 12.1 Å². The number of oxazole rings is 1. The number of para-hydroxylation sites is 1. The van der Waals surface area contributed by atoms with Gasteiger partial charge in [0.15, 0.2) is 11.7 Å². The molecule has 2 N–H and O–H groups in total. The van der Waals surface area contributed by atoms with Gasteiger partial charge in [0.2, 0.25) is 0 Å². The predicted molar refractivity (Wildman–Crippen MR) is 66.0 cm³/mol. The fourth-order valence-electron chi connectivity index (χ4n) is 1.99. The Balaban J connectivity index is 1.95. The molecule has 1 atom stereocenters. The van der Waals surface area contributed by atoms with Gasteiger partial charge >= 0.3 is 0 Å². The van der Waals surface area contributed by atoms with Crippen molar-refractivity contribution < 1.29 is 9.15 Å². The monoisotopic (exact) mass is 244 g/mol. The van der Waals surface area contributed by atoms with Crippen LogP contribution in [-0.4, -0.2) is 30.8 Å². The summed E-state index contributed by atoms with van der Waals surface area (Å²) in [5.41, 5.74) is 7.74. The minimum atomic E-state index is -0.439. The highest BCUT2D eigenvalue weighted by atomic mass is 16.5. The second-order valence-electron chi connectivity index (χ2n) is 4.12. The molecule has 1 aromatic carbocycles. The third-order valence-electron chi connectivity index (χ3n) is 2.92. The van der Waals surface area contributed by atoms with Crippen molar-refractivity contribution in [3.05, 3.63) is 18.2 Å². The largest absolute Gasteiger partial charge is 0.423 e. The number of rotatable bonds is 1. The lowest BCUT2D eigenvalue weighted by atomic mass is 10.3. The van der Waals surface area contributed by atoms with Crippen molar-refractivity contribution >= 4 is 22.8 Å². The predicted octanol–water partition coefficient (Wildman–Crippen LogP) is 1.14. The van der Waals surface area contributed by atoms with E-state index in [1.807, 2.05) is 17.0 Å².